The van der Waals surface area contributed by atoms with E-state index in [0.717, 1.165) is 12.1 Å². The number of carbonyl (C=O) groups excluding carboxylic acids is 1. The lowest BCUT2D eigenvalue weighted by Gasteiger charge is -2.16. The molecule has 0 saturated carbocycles. The minimum atomic E-state index is -0.219. The second-order valence-electron chi connectivity index (χ2n) is 3.92. The summed E-state index contributed by atoms with van der Waals surface area (Å²) in [4.78, 5) is 11.5. The summed E-state index contributed by atoms with van der Waals surface area (Å²) in [5, 5.41) is 15.0. The van der Waals surface area contributed by atoms with Crippen molar-refractivity contribution < 1.29 is 9.90 Å². The van der Waals surface area contributed by atoms with Gasteiger partial charge in [0, 0.05) is 0 Å². The van der Waals surface area contributed by atoms with Gasteiger partial charge in [-0.15, -0.1) is 0 Å². The zero-order chi connectivity index (χ0) is 12.5. The normalized spacial score (nSPS) is 12.1. The standard InChI is InChI=1S/C13H20N2O2/c1-2-14-9-13(17)15-12(10-16)8-11-6-4-3-5-7-11/h3-7,12,14,16H,2,8-10H2,1H3,(H,15,17)/t12-/m0/s1. The fourth-order valence-electron chi connectivity index (χ4n) is 1.58. The molecule has 0 aliphatic heterocycles. The minimum absolute atomic E-state index is 0.0488. The van der Waals surface area contributed by atoms with E-state index in [0.29, 0.717) is 13.0 Å². The first-order valence-electron chi connectivity index (χ1n) is 5.91. The van der Waals surface area contributed by atoms with Gasteiger partial charge in [0.1, 0.15) is 0 Å². The number of aliphatic hydroxyl groups is 1. The summed E-state index contributed by atoms with van der Waals surface area (Å²) in [5.74, 6) is -0.0816. The highest BCUT2D eigenvalue weighted by molar-refractivity contribution is 5.78. The summed E-state index contributed by atoms with van der Waals surface area (Å²) in [5.41, 5.74) is 1.11. The Hall–Kier alpha value is -1.39. The molecule has 1 amide bonds. The van der Waals surface area contributed by atoms with Crippen LogP contribution >= 0.6 is 0 Å². The molecule has 94 valence electrons. The van der Waals surface area contributed by atoms with Crippen LogP contribution in [0.2, 0.25) is 0 Å². The first kappa shape index (κ1) is 13.7. The van der Waals surface area contributed by atoms with E-state index in [9.17, 15) is 9.90 Å². The van der Waals surface area contributed by atoms with Crippen molar-refractivity contribution >= 4 is 5.91 Å². The van der Waals surface area contributed by atoms with Crippen LogP contribution in [0.3, 0.4) is 0 Å². The van der Waals surface area contributed by atoms with E-state index in [1.54, 1.807) is 0 Å². The maximum atomic E-state index is 11.5. The summed E-state index contributed by atoms with van der Waals surface area (Å²) in [6.45, 7) is 2.95. The van der Waals surface area contributed by atoms with Crippen LogP contribution in [0.4, 0.5) is 0 Å². The number of amides is 1. The number of nitrogens with one attached hydrogen (secondary N) is 2. The van der Waals surface area contributed by atoms with E-state index in [-0.39, 0.29) is 18.6 Å². The molecule has 0 aliphatic rings. The predicted octanol–water partition coefficient (Wildman–Crippen LogP) is 0.316. The van der Waals surface area contributed by atoms with E-state index in [1.807, 2.05) is 37.3 Å². The van der Waals surface area contributed by atoms with Gasteiger partial charge in [-0.2, -0.15) is 0 Å². The Morgan fingerprint density at radius 3 is 2.65 bits per heavy atom. The number of rotatable bonds is 7. The number of hydrogen-bond donors (Lipinski definition) is 3. The monoisotopic (exact) mass is 236 g/mol. The molecule has 4 nitrogen and oxygen atoms in total. The van der Waals surface area contributed by atoms with Gasteiger partial charge in [0.05, 0.1) is 19.2 Å². The van der Waals surface area contributed by atoms with Crippen molar-refractivity contribution in [3.8, 4) is 0 Å². The van der Waals surface area contributed by atoms with Crippen molar-refractivity contribution in [1.29, 1.82) is 0 Å². The van der Waals surface area contributed by atoms with Gasteiger partial charge in [0.25, 0.3) is 0 Å². The number of aliphatic hydroxyl groups excluding tert-OH is 1. The molecule has 0 saturated heterocycles. The number of benzene rings is 1. The van der Waals surface area contributed by atoms with Gasteiger partial charge in [-0.3, -0.25) is 4.79 Å². The zero-order valence-corrected chi connectivity index (χ0v) is 10.1. The smallest absolute Gasteiger partial charge is 0.234 e. The average molecular weight is 236 g/mol. The van der Waals surface area contributed by atoms with Crippen LogP contribution in [-0.2, 0) is 11.2 Å². The highest BCUT2D eigenvalue weighted by Gasteiger charge is 2.11. The summed E-state index contributed by atoms with van der Waals surface area (Å²) in [6, 6.07) is 9.59. The van der Waals surface area contributed by atoms with Crippen molar-refractivity contribution in [2.45, 2.75) is 19.4 Å². The highest BCUT2D eigenvalue weighted by Crippen LogP contribution is 2.02. The lowest BCUT2D eigenvalue weighted by atomic mass is 10.1. The third-order valence-corrected chi connectivity index (χ3v) is 2.45. The lowest BCUT2D eigenvalue weighted by molar-refractivity contribution is -0.121. The summed E-state index contributed by atoms with van der Waals surface area (Å²) < 4.78 is 0. The molecule has 0 heterocycles. The molecular formula is C13H20N2O2. The number of carbonyl (C=O) groups is 1. The molecule has 0 radical (unpaired) electrons. The second kappa shape index (κ2) is 7.81. The van der Waals surface area contributed by atoms with E-state index in [1.165, 1.54) is 0 Å². The van der Waals surface area contributed by atoms with Gasteiger partial charge in [-0.1, -0.05) is 37.3 Å². The SMILES string of the molecule is CCNCC(=O)N[C@H](CO)Cc1ccccc1. The first-order chi connectivity index (χ1) is 8.26. The zero-order valence-electron chi connectivity index (χ0n) is 10.1. The topological polar surface area (TPSA) is 61.4 Å². The average Bonchev–Trinajstić information content (AvgIpc) is 2.36. The highest BCUT2D eigenvalue weighted by atomic mass is 16.3. The first-order valence-corrected chi connectivity index (χ1v) is 5.91. The molecule has 1 atom stereocenters. The van der Waals surface area contributed by atoms with Crippen LogP contribution in [0, 0.1) is 0 Å². The van der Waals surface area contributed by atoms with Gasteiger partial charge < -0.3 is 15.7 Å². The molecule has 0 aromatic heterocycles. The maximum absolute atomic E-state index is 11.5. The summed E-state index contributed by atoms with van der Waals surface area (Å²) in [6.07, 6.45) is 0.648. The van der Waals surface area contributed by atoms with Gasteiger partial charge in [0.15, 0.2) is 0 Å². The quantitative estimate of drug-likeness (QED) is 0.639. The second-order valence-corrected chi connectivity index (χ2v) is 3.92. The Morgan fingerprint density at radius 1 is 1.35 bits per heavy atom. The van der Waals surface area contributed by atoms with Crippen LogP contribution in [0.1, 0.15) is 12.5 Å². The fourth-order valence-corrected chi connectivity index (χ4v) is 1.58. The maximum Gasteiger partial charge on any atom is 0.234 e. The predicted molar refractivity (Wildman–Crippen MR) is 67.7 cm³/mol. The van der Waals surface area contributed by atoms with Crippen LogP contribution in [-0.4, -0.2) is 36.8 Å². The Labute approximate surface area is 102 Å². The molecule has 0 bridgehead atoms. The van der Waals surface area contributed by atoms with Crippen molar-refractivity contribution in [2.75, 3.05) is 19.7 Å². The Morgan fingerprint density at radius 2 is 2.06 bits per heavy atom. The van der Waals surface area contributed by atoms with E-state index >= 15 is 0 Å². The summed E-state index contributed by atoms with van der Waals surface area (Å²) >= 11 is 0. The third kappa shape index (κ3) is 5.47. The van der Waals surface area contributed by atoms with Gasteiger partial charge in [-0.05, 0) is 18.5 Å². The van der Waals surface area contributed by atoms with Crippen LogP contribution < -0.4 is 10.6 Å². The van der Waals surface area contributed by atoms with Crippen molar-refractivity contribution in [3.63, 3.8) is 0 Å². The molecule has 0 aliphatic carbocycles. The molecule has 1 aromatic rings. The molecule has 4 heteroatoms. The Kier molecular flexibility index (Phi) is 6.29. The van der Waals surface area contributed by atoms with Gasteiger partial charge in [-0.25, -0.2) is 0 Å². The van der Waals surface area contributed by atoms with E-state index < -0.39 is 0 Å². The lowest BCUT2D eigenvalue weighted by Crippen LogP contribution is -2.43. The van der Waals surface area contributed by atoms with Gasteiger partial charge >= 0.3 is 0 Å². The Bertz CT molecular complexity index is 327. The number of hydrogen-bond acceptors (Lipinski definition) is 3. The molecule has 3 N–H and O–H groups in total. The third-order valence-electron chi connectivity index (χ3n) is 2.45. The molecule has 0 spiro atoms. The van der Waals surface area contributed by atoms with Crippen molar-refractivity contribution in [1.82, 2.24) is 10.6 Å². The van der Waals surface area contributed by atoms with Crippen LogP contribution in [0.5, 0.6) is 0 Å². The van der Waals surface area contributed by atoms with Crippen LogP contribution in [0.15, 0.2) is 30.3 Å². The number of likely N-dealkylation sites (N-methyl/N-ethyl adjacent to an activating group) is 1. The molecular weight excluding hydrogens is 216 g/mol. The minimum Gasteiger partial charge on any atom is -0.394 e. The molecule has 1 aromatic carbocycles. The van der Waals surface area contributed by atoms with E-state index in [4.69, 9.17) is 0 Å². The summed E-state index contributed by atoms with van der Waals surface area (Å²) in [7, 11) is 0. The molecule has 0 unspecified atom stereocenters. The van der Waals surface area contributed by atoms with Crippen molar-refractivity contribution in [2.24, 2.45) is 0 Å². The fraction of sp³-hybridized carbons (Fsp3) is 0.462. The molecule has 1 rings (SSSR count). The van der Waals surface area contributed by atoms with Gasteiger partial charge in [0.2, 0.25) is 5.91 Å². The van der Waals surface area contributed by atoms with Crippen molar-refractivity contribution in [3.05, 3.63) is 35.9 Å². The molecule has 0 fully saturated rings. The molecule has 17 heavy (non-hydrogen) atoms. The Balaban J connectivity index is 2.41. The van der Waals surface area contributed by atoms with E-state index in [2.05, 4.69) is 10.6 Å². The van der Waals surface area contributed by atoms with Crippen LogP contribution in [0.25, 0.3) is 0 Å². The largest absolute Gasteiger partial charge is 0.394 e.